The molecule has 0 aliphatic rings. The number of ether oxygens (including phenoxy) is 1. The van der Waals surface area contributed by atoms with Crippen LogP contribution in [-0.2, 0) is 4.74 Å². The number of hydrogen-bond donors (Lipinski definition) is 2. The van der Waals surface area contributed by atoms with Crippen molar-refractivity contribution in [2.45, 2.75) is 26.4 Å². The van der Waals surface area contributed by atoms with Crippen LogP contribution in [0.25, 0.3) is 0 Å². The van der Waals surface area contributed by atoms with Gasteiger partial charge in [-0.25, -0.2) is 9.59 Å². The van der Waals surface area contributed by atoms with Crippen molar-refractivity contribution in [3.63, 3.8) is 0 Å². The van der Waals surface area contributed by atoms with Crippen molar-refractivity contribution in [3.8, 4) is 0 Å². The molecular weight excluding hydrogens is 258 g/mol. The predicted octanol–water partition coefficient (Wildman–Crippen LogP) is 3.39. The molecule has 0 aliphatic carbocycles. The van der Waals surface area contributed by atoms with Gasteiger partial charge >= 0.3 is 12.1 Å². The average Bonchev–Trinajstić information content (AvgIpc) is 2.13. The van der Waals surface area contributed by atoms with Gasteiger partial charge in [0, 0.05) is 5.02 Å². The Morgan fingerprint density at radius 2 is 1.94 bits per heavy atom. The van der Waals surface area contributed by atoms with Gasteiger partial charge in [0.05, 0.1) is 11.3 Å². The molecule has 6 heteroatoms. The first-order valence-corrected chi connectivity index (χ1v) is 5.60. The number of carbonyl (C=O) groups is 2. The maximum atomic E-state index is 11.5. The van der Waals surface area contributed by atoms with Crippen LogP contribution in [0.3, 0.4) is 0 Å². The minimum atomic E-state index is -1.15. The Kier molecular flexibility index (Phi) is 4.19. The number of amides is 1. The van der Waals surface area contributed by atoms with Crippen LogP contribution in [0.5, 0.6) is 0 Å². The largest absolute Gasteiger partial charge is 0.478 e. The van der Waals surface area contributed by atoms with Gasteiger partial charge in [-0.15, -0.1) is 0 Å². The van der Waals surface area contributed by atoms with E-state index in [0.29, 0.717) is 5.02 Å². The normalized spacial score (nSPS) is 10.9. The number of halogens is 1. The minimum Gasteiger partial charge on any atom is -0.478 e. The van der Waals surface area contributed by atoms with Crippen LogP contribution in [0.2, 0.25) is 5.02 Å². The quantitative estimate of drug-likeness (QED) is 0.864. The molecule has 0 aromatic heterocycles. The Hall–Kier alpha value is -1.75. The van der Waals surface area contributed by atoms with E-state index in [-0.39, 0.29) is 11.3 Å². The third-order valence-electron chi connectivity index (χ3n) is 1.85. The first kappa shape index (κ1) is 14.3. The average molecular weight is 272 g/mol. The van der Waals surface area contributed by atoms with E-state index in [1.54, 1.807) is 20.8 Å². The van der Waals surface area contributed by atoms with Gasteiger partial charge < -0.3 is 9.84 Å². The highest BCUT2D eigenvalue weighted by atomic mass is 35.5. The van der Waals surface area contributed by atoms with Crippen molar-refractivity contribution in [1.29, 1.82) is 0 Å². The molecule has 5 nitrogen and oxygen atoms in total. The summed E-state index contributed by atoms with van der Waals surface area (Å²) in [6, 6.07) is 4.11. The summed E-state index contributed by atoms with van der Waals surface area (Å²) in [7, 11) is 0. The zero-order valence-electron chi connectivity index (χ0n) is 10.3. The fraction of sp³-hybridized carbons (Fsp3) is 0.333. The fourth-order valence-electron chi connectivity index (χ4n) is 1.22. The number of carboxylic acids is 1. The fourth-order valence-corrected chi connectivity index (χ4v) is 1.39. The number of benzene rings is 1. The number of carbonyl (C=O) groups excluding carboxylic acids is 1. The Morgan fingerprint density at radius 1 is 1.33 bits per heavy atom. The molecule has 0 unspecified atom stereocenters. The molecule has 0 atom stereocenters. The molecule has 18 heavy (non-hydrogen) atoms. The van der Waals surface area contributed by atoms with Crippen LogP contribution in [0.1, 0.15) is 31.1 Å². The number of aromatic carboxylic acids is 1. The van der Waals surface area contributed by atoms with Crippen molar-refractivity contribution in [2.24, 2.45) is 0 Å². The van der Waals surface area contributed by atoms with E-state index in [0.717, 1.165) is 0 Å². The molecular formula is C12H14ClNO4. The van der Waals surface area contributed by atoms with Crippen molar-refractivity contribution < 1.29 is 19.4 Å². The van der Waals surface area contributed by atoms with Crippen LogP contribution in [0.4, 0.5) is 10.5 Å². The Balaban J connectivity index is 2.93. The van der Waals surface area contributed by atoms with E-state index in [1.807, 2.05) is 0 Å². The molecule has 98 valence electrons. The molecule has 0 radical (unpaired) electrons. The first-order valence-electron chi connectivity index (χ1n) is 5.22. The Labute approximate surface area is 110 Å². The molecule has 0 saturated heterocycles. The molecule has 0 saturated carbocycles. The maximum Gasteiger partial charge on any atom is 0.412 e. The third-order valence-corrected chi connectivity index (χ3v) is 2.08. The van der Waals surface area contributed by atoms with E-state index in [9.17, 15) is 9.59 Å². The van der Waals surface area contributed by atoms with E-state index >= 15 is 0 Å². The number of anilines is 1. The highest BCUT2D eigenvalue weighted by Crippen LogP contribution is 2.22. The van der Waals surface area contributed by atoms with Crippen LogP contribution in [0.15, 0.2) is 18.2 Å². The van der Waals surface area contributed by atoms with Crippen molar-refractivity contribution >= 4 is 29.4 Å². The summed E-state index contributed by atoms with van der Waals surface area (Å²) in [6.45, 7) is 5.13. The highest BCUT2D eigenvalue weighted by molar-refractivity contribution is 6.31. The third kappa shape index (κ3) is 4.25. The summed E-state index contributed by atoms with van der Waals surface area (Å²) < 4.78 is 5.03. The zero-order chi connectivity index (χ0) is 13.9. The van der Waals surface area contributed by atoms with Gasteiger partial charge in [0.15, 0.2) is 0 Å². The lowest BCUT2D eigenvalue weighted by Gasteiger charge is -2.20. The first-order chi connectivity index (χ1) is 8.19. The topological polar surface area (TPSA) is 75.6 Å². The van der Waals surface area contributed by atoms with Crippen molar-refractivity contribution in [2.75, 3.05) is 5.32 Å². The lowest BCUT2D eigenvalue weighted by atomic mass is 10.2. The van der Waals surface area contributed by atoms with E-state index in [4.69, 9.17) is 21.4 Å². The number of rotatable bonds is 2. The number of carboxylic acid groups (broad SMARTS) is 1. The number of hydrogen-bond acceptors (Lipinski definition) is 3. The summed E-state index contributed by atoms with van der Waals surface area (Å²) >= 11 is 5.75. The lowest BCUT2D eigenvalue weighted by Crippen LogP contribution is -2.27. The zero-order valence-corrected chi connectivity index (χ0v) is 11.0. The molecule has 0 spiro atoms. The van der Waals surface area contributed by atoms with E-state index < -0.39 is 17.7 Å². The monoisotopic (exact) mass is 271 g/mol. The molecule has 0 heterocycles. The molecule has 1 aromatic rings. The summed E-state index contributed by atoms with van der Waals surface area (Å²) in [4.78, 5) is 22.5. The van der Waals surface area contributed by atoms with Crippen LogP contribution in [-0.4, -0.2) is 22.8 Å². The second kappa shape index (κ2) is 5.27. The molecule has 2 N–H and O–H groups in total. The molecule has 1 rings (SSSR count). The van der Waals surface area contributed by atoms with E-state index in [2.05, 4.69) is 5.32 Å². The SMILES string of the molecule is CC(C)(C)OC(=O)Nc1cc(Cl)ccc1C(=O)O. The molecule has 0 bridgehead atoms. The van der Waals surface area contributed by atoms with Gasteiger partial charge in [-0.2, -0.15) is 0 Å². The minimum absolute atomic E-state index is 0.0507. The maximum absolute atomic E-state index is 11.5. The standard InChI is InChI=1S/C12H14ClNO4/c1-12(2,3)18-11(17)14-9-6-7(13)4-5-8(9)10(15)16/h4-6H,1-3H3,(H,14,17)(H,15,16). The van der Waals surface area contributed by atoms with E-state index in [1.165, 1.54) is 18.2 Å². The van der Waals surface area contributed by atoms with Crippen LogP contribution in [0, 0.1) is 0 Å². The van der Waals surface area contributed by atoms with Gasteiger partial charge in [-0.05, 0) is 39.0 Å². The summed E-state index contributed by atoms with van der Waals surface area (Å²) in [5.74, 6) is -1.15. The van der Waals surface area contributed by atoms with Gasteiger partial charge in [-0.3, -0.25) is 5.32 Å². The molecule has 0 aliphatic heterocycles. The Bertz CT molecular complexity index is 479. The lowest BCUT2D eigenvalue weighted by molar-refractivity contribution is 0.0636. The summed E-state index contributed by atoms with van der Waals surface area (Å²) in [6.07, 6.45) is -0.729. The number of nitrogens with one attached hydrogen (secondary N) is 1. The van der Waals surface area contributed by atoms with Gasteiger partial charge in [-0.1, -0.05) is 11.6 Å². The summed E-state index contributed by atoms with van der Waals surface area (Å²) in [5.41, 5.74) is -0.610. The van der Waals surface area contributed by atoms with Gasteiger partial charge in [0.1, 0.15) is 5.60 Å². The molecule has 1 aromatic carbocycles. The summed E-state index contributed by atoms with van der Waals surface area (Å²) in [5, 5.41) is 11.7. The van der Waals surface area contributed by atoms with Crippen LogP contribution < -0.4 is 5.32 Å². The predicted molar refractivity (Wildman–Crippen MR) is 68.3 cm³/mol. The van der Waals surface area contributed by atoms with Gasteiger partial charge in [0.2, 0.25) is 0 Å². The second-order valence-electron chi connectivity index (χ2n) is 4.62. The van der Waals surface area contributed by atoms with Crippen molar-refractivity contribution in [1.82, 2.24) is 0 Å². The van der Waals surface area contributed by atoms with Gasteiger partial charge in [0.25, 0.3) is 0 Å². The smallest absolute Gasteiger partial charge is 0.412 e. The molecule has 1 amide bonds. The highest BCUT2D eigenvalue weighted by Gasteiger charge is 2.18. The van der Waals surface area contributed by atoms with Crippen molar-refractivity contribution in [3.05, 3.63) is 28.8 Å². The molecule has 0 fully saturated rings. The van der Waals surface area contributed by atoms with Crippen LogP contribution >= 0.6 is 11.6 Å². The second-order valence-corrected chi connectivity index (χ2v) is 5.06. The Morgan fingerprint density at radius 3 is 2.44 bits per heavy atom.